The number of alkyl halides is 6. The molecule has 0 aromatic heterocycles. The van der Waals surface area contributed by atoms with Gasteiger partial charge in [0.15, 0.2) is 0 Å². The molecule has 0 bridgehead atoms. The molecule has 1 aliphatic carbocycles. The standard InChI is InChI=1S/C22H30F3N5O4S.C2HF3O2/c23-22(24,25)20-17(30-9-2-1-6-19(30)31)4-3-5-18(20)35(33,34)27-16(14-26)21(32)29-12-10-28(11-13-29)15-7-8-15;3-2(4,5)1(6)7/h3-5,15-16,27H,1-2,6-14,26H2;(H,6,7)/t16-;/m0./s1. The molecule has 1 atom stereocenters. The van der Waals surface area contributed by atoms with Gasteiger partial charge in [0.05, 0.1) is 16.1 Å². The number of carboxylic acid groups (broad SMARTS) is 1. The molecule has 4 rings (SSSR count). The van der Waals surface area contributed by atoms with Crippen LogP contribution in [0.1, 0.15) is 37.7 Å². The minimum Gasteiger partial charge on any atom is -0.475 e. The molecule has 3 fully saturated rings. The average Bonchev–Trinajstić information content (AvgIpc) is 3.76. The average molecular weight is 632 g/mol. The SMILES string of the molecule is NC[C@H](NS(=O)(=O)c1cccc(N2CCCCC2=O)c1C(F)(F)F)C(=O)N1CCN(C2CC2)CC1.O=C(O)C(F)(F)F. The largest absolute Gasteiger partial charge is 0.490 e. The lowest BCUT2D eigenvalue weighted by Crippen LogP contribution is -2.57. The minimum absolute atomic E-state index is 0.0651. The molecule has 18 heteroatoms. The summed E-state index contributed by atoms with van der Waals surface area (Å²) in [7, 11) is -4.81. The van der Waals surface area contributed by atoms with Crippen LogP contribution in [0.3, 0.4) is 0 Å². The van der Waals surface area contributed by atoms with Crippen LogP contribution in [-0.4, -0.2) is 98.6 Å². The molecular weight excluding hydrogens is 600 g/mol. The van der Waals surface area contributed by atoms with Crippen molar-refractivity contribution < 1.29 is 54.3 Å². The Balaban J connectivity index is 0.000000616. The van der Waals surface area contributed by atoms with Gasteiger partial charge in [0.25, 0.3) is 0 Å². The number of carboxylic acids is 1. The highest BCUT2D eigenvalue weighted by molar-refractivity contribution is 7.89. The minimum atomic E-state index is -5.08. The van der Waals surface area contributed by atoms with Gasteiger partial charge < -0.3 is 20.6 Å². The van der Waals surface area contributed by atoms with Crippen molar-refractivity contribution in [3.63, 3.8) is 0 Å². The van der Waals surface area contributed by atoms with Gasteiger partial charge in [-0.25, -0.2) is 13.2 Å². The van der Waals surface area contributed by atoms with Crippen molar-refractivity contribution >= 4 is 33.5 Å². The second kappa shape index (κ2) is 13.1. The number of nitrogens with two attached hydrogens (primary N) is 1. The smallest absolute Gasteiger partial charge is 0.475 e. The molecule has 11 nitrogen and oxygen atoms in total. The first-order valence-electron chi connectivity index (χ1n) is 13.0. The normalized spacial score (nSPS) is 19.6. The van der Waals surface area contributed by atoms with Crippen LogP contribution in [0.4, 0.5) is 32.0 Å². The summed E-state index contributed by atoms with van der Waals surface area (Å²) < 4.78 is 103. The lowest BCUT2D eigenvalue weighted by atomic mass is 10.1. The van der Waals surface area contributed by atoms with Gasteiger partial charge >= 0.3 is 18.3 Å². The van der Waals surface area contributed by atoms with Gasteiger partial charge in [-0.1, -0.05) is 6.07 Å². The van der Waals surface area contributed by atoms with Crippen molar-refractivity contribution in [3.05, 3.63) is 23.8 Å². The Bertz CT molecular complexity index is 1260. The summed E-state index contributed by atoms with van der Waals surface area (Å²) in [6, 6.07) is 2.22. The van der Waals surface area contributed by atoms with Crippen molar-refractivity contribution in [1.82, 2.24) is 14.5 Å². The highest BCUT2D eigenvalue weighted by Crippen LogP contribution is 2.42. The van der Waals surface area contributed by atoms with Gasteiger partial charge in [0.1, 0.15) is 6.04 Å². The predicted octanol–water partition coefficient (Wildman–Crippen LogP) is 1.77. The van der Waals surface area contributed by atoms with Crippen molar-refractivity contribution in [3.8, 4) is 0 Å². The number of piperidine rings is 1. The van der Waals surface area contributed by atoms with Crippen LogP contribution in [-0.2, 0) is 30.6 Å². The number of benzene rings is 1. The molecule has 1 saturated carbocycles. The number of nitrogens with zero attached hydrogens (tertiary/aromatic N) is 3. The van der Waals surface area contributed by atoms with Crippen LogP contribution in [0.15, 0.2) is 23.1 Å². The number of sulfonamides is 1. The van der Waals surface area contributed by atoms with E-state index in [0.717, 1.165) is 35.9 Å². The van der Waals surface area contributed by atoms with Crippen molar-refractivity contribution in [2.45, 2.75) is 61.4 Å². The Kier molecular flexibility index (Phi) is 10.5. The van der Waals surface area contributed by atoms with Crippen LogP contribution in [0.5, 0.6) is 0 Å². The number of aliphatic carboxylic acids is 1. The first-order valence-corrected chi connectivity index (χ1v) is 14.5. The molecule has 236 valence electrons. The topological polar surface area (TPSA) is 153 Å². The molecule has 3 aliphatic rings. The van der Waals surface area contributed by atoms with Crippen molar-refractivity contribution in [2.75, 3.05) is 44.2 Å². The quantitative estimate of drug-likeness (QED) is 0.385. The molecule has 2 heterocycles. The van der Waals surface area contributed by atoms with Gasteiger partial charge in [-0.3, -0.25) is 14.5 Å². The maximum atomic E-state index is 14.2. The summed E-state index contributed by atoms with van der Waals surface area (Å²) in [5, 5.41) is 7.12. The van der Waals surface area contributed by atoms with Gasteiger partial charge in [0.2, 0.25) is 21.8 Å². The lowest BCUT2D eigenvalue weighted by molar-refractivity contribution is -0.192. The summed E-state index contributed by atoms with van der Waals surface area (Å²) in [5.41, 5.74) is 3.75. The number of piperazine rings is 1. The van der Waals surface area contributed by atoms with Crippen LogP contribution >= 0.6 is 0 Å². The van der Waals surface area contributed by atoms with Crippen LogP contribution in [0.2, 0.25) is 0 Å². The number of hydrogen-bond acceptors (Lipinski definition) is 7. The van der Waals surface area contributed by atoms with E-state index in [4.69, 9.17) is 15.6 Å². The van der Waals surface area contributed by atoms with E-state index in [1.165, 1.54) is 4.90 Å². The Morgan fingerprint density at radius 3 is 2.10 bits per heavy atom. The van der Waals surface area contributed by atoms with E-state index < -0.39 is 68.9 Å². The Morgan fingerprint density at radius 1 is 1.02 bits per heavy atom. The first kappa shape index (κ1) is 33.5. The van der Waals surface area contributed by atoms with E-state index in [-0.39, 0.29) is 13.0 Å². The highest BCUT2D eigenvalue weighted by atomic mass is 32.2. The fourth-order valence-electron chi connectivity index (χ4n) is 4.73. The summed E-state index contributed by atoms with van der Waals surface area (Å²) in [6.45, 7) is 1.76. The van der Waals surface area contributed by atoms with Crippen LogP contribution in [0.25, 0.3) is 0 Å². The van der Waals surface area contributed by atoms with E-state index >= 15 is 0 Å². The Labute approximate surface area is 237 Å². The highest BCUT2D eigenvalue weighted by Gasteiger charge is 2.43. The van der Waals surface area contributed by atoms with E-state index in [1.54, 1.807) is 0 Å². The molecule has 0 spiro atoms. The molecule has 0 unspecified atom stereocenters. The maximum absolute atomic E-state index is 14.2. The maximum Gasteiger partial charge on any atom is 0.490 e. The van der Waals surface area contributed by atoms with E-state index in [2.05, 4.69) is 9.62 Å². The number of rotatable bonds is 7. The summed E-state index contributed by atoms with van der Waals surface area (Å²) in [5.74, 6) is -3.82. The molecule has 2 amide bonds. The number of halogens is 6. The number of nitrogens with one attached hydrogen (secondary N) is 1. The Hall–Kier alpha value is -2.96. The third-order valence-electron chi connectivity index (χ3n) is 6.95. The molecule has 4 N–H and O–H groups in total. The van der Waals surface area contributed by atoms with E-state index in [1.807, 2.05) is 0 Å². The monoisotopic (exact) mass is 631 g/mol. The molecule has 1 aromatic carbocycles. The number of hydrogen-bond donors (Lipinski definition) is 3. The molecule has 1 aromatic rings. The second-order valence-corrected chi connectivity index (χ2v) is 11.6. The summed E-state index contributed by atoms with van der Waals surface area (Å²) >= 11 is 0. The zero-order chi connectivity index (χ0) is 31.5. The number of amides is 2. The number of carbonyl (C=O) groups is 3. The van der Waals surface area contributed by atoms with E-state index in [0.29, 0.717) is 45.1 Å². The molecule has 2 aliphatic heterocycles. The summed E-state index contributed by atoms with van der Waals surface area (Å²) in [4.78, 5) is 37.9. The zero-order valence-electron chi connectivity index (χ0n) is 22.2. The fraction of sp³-hybridized carbons (Fsp3) is 0.625. The molecule has 42 heavy (non-hydrogen) atoms. The van der Waals surface area contributed by atoms with Gasteiger partial charge in [-0.2, -0.15) is 31.1 Å². The van der Waals surface area contributed by atoms with Crippen molar-refractivity contribution in [2.24, 2.45) is 5.73 Å². The van der Waals surface area contributed by atoms with Crippen molar-refractivity contribution in [1.29, 1.82) is 0 Å². The number of anilines is 1. The predicted molar refractivity (Wildman–Crippen MR) is 136 cm³/mol. The van der Waals surface area contributed by atoms with Crippen LogP contribution < -0.4 is 15.4 Å². The molecule has 2 saturated heterocycles. The van der Waals surface area contributed by atoms with Gasteiger partial charge in [0, 0.05) is 51.7 Å². The Morgan fingerprint density at radius 2 is 1.62 bits per heavy atom. The van der Waals surface area contributed by atoms with Gasteiger partial charge in [-0.05, 0) is 37.8 Å². The van der Waals surface area contributed by atoms with E-state index in [9.17, 15) is 44.3 Å². The summed E-state index contributed by atoms with van der Waals surface area (Å²) in [6.07, 6.45) is -6.73. The molecular formula is C24H31F6N5O6S. The third-order valence-corrected chi connectivity index (χ3v) is 8.47. The second-order valence-electron chi connectivity index (χ2n) is 9.96. The fourth-order valence-corrected chi connectivity index (χ4v) is 6.18. The lowest BCUT2D eigenvalue weighted by Gasteiger charge is -2.36. The zero-order valence-corrected chi connectivity index (χ0v) is 23.1. The number of carbonyl (C=O) groups excluding carboxylic acids is 2. The van der Waals surface area contributed by atoms with Gasteiger partial charge in [-0.15, -0.1) is 0 Å². The van der Waals surface area contributed by atoms with Crippen LogP contribution in [0, 0.1) is 0 Å². The third kappa shape index (κ3) is 8.32. The first-order chi connectivity index (χ1) is 19.5. The molecule has 0 radical (unpaired) electrons.